The van der Waals surface area contributed by atoms with Crippen molar-refractivity contribution < 1.29 is 13.2 Å². The molecule has 11 heteroatoms. The lowest BCUT2D eigenvalue weighted by Crippen LogP contribution is -2.12. The molecule has 3 heterocycles. The Bertz CT molecular complexity index is 1300. The summed E-state index contributed by atoms with van der Waals surface area (Å²) in [5.74, 6) is -1.99. The van der Waals surface area contributed by atoms with Gasteiger partial charge in [0, 0.05) is 31.2 Å². The van der Waals surface area contributed by atoms with Gasteiger partial charge in [-0.1, -0.05) is 0 Å². The van der Waals surface area contributed by atoms with Gasteiger partial charge in [-0.25, -0.2) is 28.1 Å². The zero-order chi connectivity index (χ0) is 21.3. The molecule has 0 aliphatic carbocycles. The molecule has 0 aliphatic heterocycles. The molecule has 0 fully saturated rings. The van der Waals surface area contributed by atoms with Crippen molar-refractivity contribution in [1.82, 2.24) is 24.5 Å². The molecule has 4 aromatic rings. The first-order valence-electron chi connectivity index (χ1n) is 8.69. The van der Waals surface area contributed by atoms with E-state index in [0.717, 1.165) is 18.3 Å². The number of benzene rings is 1. The number of hydrogen-bond acceptors (Lipinski definition) is 7. The summed E-state index contributed by atoms with van der Waals surface area (Å²) < 4.78 is 42.8. The van der Waals surface area contributed by atoms with Crippen LogP contribution in [0, 0.1) is 28.8 Å². The van der Waals surface area contributed by atoms with Crippen LogP contribution < -0.4 is 11.1 Å². The Morgan fingerprint density at radius 2 is 1.90 bits per heavy atom. The van der Waals surface area contributed by atoms with Crippen molar-refractivity contribution in [2.75, 3.05) is 17.6 Å². The quantitative estimate of drug-likeness (QED) is 0.519. The number of nitriles is 1. The third-order valence-electron chi connectivity index (χ3n) is 4.34. The molecule has 0 atom stereocenters. The number of anilines is 2. The molecule has 4 rings (SSSR count). The Labute approximate surface area is 167 Å². The topological polar surface area (TPSA) is 118 Å². The van der Waals surface area contributed by atoms with E-state index < -0.39 is 17.5 Å². The lowest BCUT2D eigenvalue weighted by molar-refractivity contribution is 0.510. The van der Waals surface area contributed by atoms with Crippen LogP contribution in [0.4, 0.5) is 24.8 Å². The Kier molecular flexibility index (Phi) is 4.89. The maximum absolute atomic E-state index is 13.9. The number of nitrogens with zero attached hydrogens (tertiary/aromatic N) is 6. The van der Waals surface area contributed by atoms with Crippen molar-refractivity contribution in [2.45, 2.75) is 6.42 Å². The molecule has 0 saturated carbocycles. The normalized spacial score (nSPS) is 10.9. The maximum Gasteiger partial charge on any atom is 0.161 e. The minimum atomic E-state index is -1.05. The van der Waals surface area contributed by atoms with Crippen LogP contribution in [0.15, 0.2) is 36.9 Å². The number of hydrogen-bond donors (Lipinski definition) is 2. The highest BCUT2D eigenvalue weighted by atomic mass is 19.2. The van der Waals surface area contributed by atoms with Crippen LogP contribution >= 0.6 is 0 Å². The van der Waals surface area contributed by atoms with E-state index in [1.165, 1.54) is 23.2 Å². The predicted molar refractivity (Wildman–Crippen MR) is 102 cm³/mol. The van der Waals surface area contributed by atoms with Gasteiger partial charge in [0.25, 0.3) is 0 Å². The molecule has 150 valence electrons. The molecular formula is C19H13F3N8. The van der Waals surface area contributed by atoms with E-state index in [2.05, 4.69) is 25.3 Å². The molecule has 0 radical (unpaired) electrons. The highest BCUT2D eigenvalue weighted by molar-refractivity contribution is 5.78. The summed E-state index contributed by atoms with van der Waals surface area (Å²) in [7, 11) is 0. The molecule has 0 spiro atoms. The second kappa shape index (κ2) is 7.67. The van der Waals surface area contributed by atoms with Gasteiger partial charge in [-0.2, -0.15) is 5.26 Å². The standard InChI is InChI=1S/C19H13F3N8/c20-10-3-11(8-25-7-10)30-16-5-14(22)13(21)4-15(16)29-17(30)1-2-26-19-12(6-23)18(24)27-9-28-19/h3-5,7-9H,1-2H2,(H3,24,26,27,28). The van der Waals surface area contributed by atoms with Gasteiger partial charge in [-0.05, 0) is 0 Å². The molecule has 0 bridgehead atoms. The van der Waals surface area contributed by atoms with Gasteiger partial charge < -0.3 is 11.1 Å². The highest BCUT2D eigenvalue weighted by Crippen LogP contribution is 2.25. The zero-order valence-corrected chi connectivity index (χ0v) is 15.3. The lowest BCUT2D eigenvalue weighted by atomic mass is 10.2. The summed E-state index contributed by atoms with van der Waals surface area (Å²) in [5, 5.41) is 12.2. The molecule has 3 aromatic heterocycles. The summed E-state index contributed by atoms with van der Waals surface area (Å²) >= 11 is 0. The van der Waals surface area contributed by atoms with E-state index in [-0.39, 0.29) is 41.2 Å². The lowest BCUT2D eigenvalue weighted by Gasteiger charge is -2.11. The van der Waals surface area contributed by atoms with Gasteiger partial charge in [0.1, 0.15) is 41.2 Å². The van der Waals surface area contributed by atoms with Crippen molar-refractivity contribution in [3.05, 3.63) is 65.8 Å². The van der Waals surface area contributed by atoms with E-state index in [1.54, 1.807) is 0 Å². The molecule has 0 amide bonds. The Morgan fingerprint density at radius 1 is 1.10 bits per heavy atom. The number of halogens is 3. The van der Waals surface area contributed by atoms with Crippen LogP contribution in [0.2, 0.25) is 0 Å². The van der Waals surface area contributed by atoms with Crippen molar-refractivity contribution in [1.29, 1.82) is 5.26 Å². The smallest absolute Gasteiger partial charge is 0.161 e. The van der Waals surface area contributed by atoms with Gasteiger partial charge in [0.2, 0.25) is 0 Å². The van der Waals surface area contributed by atoms with Crippen molar-refractivity contribution >= 4 is 22.7 Å². The molecule has 0 saturated heterocycles. The van der Waals surface area contributed by atoms with E-state index in [9.17, 15) is 18.4 Å². The Hall–Kier alpha value is -4.20. The monoisotopic (exact) mass is 410 g/mol. The number of nitrogens with one attached hydrogen (secondary N) is 1. The van der Waals surface area contributed by atoms with E-state index >= 15 is 0 Å². The summed E-state index contributed by atoms with van der Waals surface area (Å²) in [6.45, 7) is 0.252. The fourth-order valence-electron chi connectivity index (χ4n) is 3.04. The molecular weight excluding hydrogens is 397 g/mol. The van der Waals surface area contributed by atoms with Crippen LogP contribution in [0.3, 0.4) is 0 Å². The number of nitrogens with two attached hydrogens (primary N) is 1. The number of pyridine rings is 1. The van der Waals surface area contributed by atoms with E-state index in [1.807, 2.05) is 6.07 Å². The third kappa shape index (κ3) is 3.46. The fourth-order valence-corrected chi connectivity index (χ4v) is 3.04. The Balaban J connectivity index is 1.71. The molecule has 0 unspecified atom stereocenters. The van der Waals surface area contributed by atoms with Gasteiger partial charge in [0.15, 0.2) is 11.6 Å². The first-order chi connectivity index (χ1) is 14.5. The SMILES string of the molecule is N#Cc1c(N)ncnc1NCCc1nc2cc(F)c(F)cc2n1-c1cncc(F)c1. The van der Waals surface area contributed by atoms with Gasteiger partial charge in [-0.3, -0.25) is 9.55 Å². The number of rotatable bonds is 5. The van der Waals surface area contributed by atoms with Crippen LogP contribution in [0.1, 0.15) is 11.4 Å². The summed E-state index contributed by atoms with van der Waals surface area (Å²) in [4.78, 5) is 15.9. The number of imidazole rings is 1. The molecule has 30 heavy (non-hydrogen) atoms. The number of nitrogen functional groups attached to an aromatic ring is 1. The predicted octanol–water partition coefficient (Wildman–Crippen LogP) is 2.74. The second-order valence-electron chi connectivity index (χ2n) is 6.25. The first kappa shape index (κ1) is 19.1. The third-order valence-corrected chi connectivity index (χ3v) is 4.34. The molecule has 8 nitrogen and oxygen atoms in total. The summed E-state index contributed by atoms with van der Waals surface area (Å²) in [6.07, 6.45) is 3.90. The highest BCUT2D eigenvalue weighted by Gasteiger charge is 2.17. The number of aromatic nitrogens is 5. The minimum Gasteiger partial charge on any atom is -0.382 e. The average Bonchev–Trinajstić information content (AvgIpc) is 3.05. The van der Waals surface area contributed by atoms with Gasteiger partial charge >= 0.3 is 0 Å². The van der Waals surface area contributed by atoms with Gasteiger partial charge in [-0.15, -0.1) is 0 Å². The number of fused-ring (bicyclic) bond motifs is 1. The Morgan fingerprint density at radius 3 is 2.67 bits per heavy atom. The molecule has 0 aliphatic rings. The van der Waals surface area contributed by atoms with Crippen LogP contribution in [-0.4, -0.2) is 31.0 Å². The van der Waals surface area contributed by atoms with Crippen LogP contribution in [-0.2, 0) is 6.42 Å². The summed E-state index contributed by atoms with van der Waals surface area (Å²) in [6, 6.07) is 5.11. The van der Waals surface area contributed by atoms with Crippen molar-refractivity contribution in [3.63, 3.8) is 0 Å². The first-order valence-corrected chi connectivity index (χ1v) is 8.69. The largest absolute Gasteiger partial charge is 0.382 e. The molecule has 1 aromatic carbocycles. The average molecular weight is 410 g/mol. The molecule has 3 N–H and O–H groups in total. The fraction of sp³-hybridized carbons (Fsp3) is 0.105. The van der Waals surface area contributed by atoms with E-state index in [4.69, 9.17) is 5.73 Å². The zero-order valence-electron chi connectivity index (χ0n) is 15.3. The van der Waals surface area contributed by atoms with E-state index in [0.29, 0.717) is 11.5 Å². The maximum atomic E-state index is 13.9. The van der Waals surface area contributed by atoms with Crippen LogP contribution in [0.5, 0.6) is 0 Å². The van der Waals surface area contributed by atoms with Crippen molar-refractivity contribution in [3.8, 4) is 11.8 Å². The van der Waals surface area contributed by atoms with Gasteiger partial charge in [0.05, 0.1) is 29.1 Å². The summed E-state index contributed by atoms with van der Waals surface area (Å²) in [5.41, 5.74) is 6.54. The minimum absolute atomic E-state index is 0.0408. The van der Waals surface area contributed by atoms with Crippen molar-refractivity contribution in [2.24, 2.45) is 0 Å². The van der Waals surface area contributed by atoms with Crippen LogP contribution in [0.25, 0.3) is 16.7 Å². The second-order valence-corrected chi connectivity index (χ2v) is 6.25.